The van der Waals surface area contributed by atoms with Crippen molar-refractivity contribution in [1.82, 2.24) is 4.98 Å². The highest BCUT2D eigenvalue weighted by Crippen LogP contribution is 2.57. The fourth-order valence-electron chi connectivity index (χ4n) is 4.45. The zero-order valence-corrected chi connectivity index (χ0v) is 21.8. The Morgan fingerprint density at radius 1 is 0.413 bits per heavy atom. The summed E-state index contributed by atoms with van der Waals surface area (Å²) in [4.78, 5) is 3.61. The Morgan fingerprint density at radius 2 is 0.696 bits per heavy atom. The van der Waals surface area contributed by atoms with Crippen molar-refractivity contribution in [3.63, 3.8) is 0 Å². The van der Waals surface area contributed by atoms with E-state index >= 15 is 17.6 Å². The molecule has 0 atom stereocenters. The molecule has 1 aliphatic carbocycles. The minimum Gasteiger partial charge on any atom is -0.262 e. The maximum atomic E-state index is 15.1. The van der Waals surface area contributed by atoms with E-state index in [1.807, 2.05) is 0 Å². The molecular weight excluding hydrogens is 624 g/mol. The summed E-state index contributed by atoms with van der Waals surface area (Å²) in [6.07, 6.45) is 1.66. The summed E-state index contributed by atoms with van der Waals surface area (Å²) < 4.78 is 119. The Morgan fingerprint density at radius 3 is 0.935 bits per heavy atom. The zero-order valence-electron chi connectivity index (χ0n) is 21.8. The third kappa shape index (κ3) is 4.43. The average molecular weight is 626 g/mol. The van der Waals surface area contributed by atoms with Crippen LogP contribution < -0.4 is 0 Å². The quantitative estimate of drug-likeness (QED) is 0.195. The molecule has 1 aliphatic rings. The monoisotopic (exact) mass is 626 g/mol. The molecule has 16 heteroatoms. The van der Waals surface area contributed by atoms with Crippen LogP contribution in [0.3, 0.4) is 0 Å². The van der Waals surface area contributed by atoms with Crippen LogP contribution in [0.4, 0.5) is 35.1 Å². The maximum Gasteiger partial charge on any atom is 0.180 e. The van der Waals surface area contributed by atoms with Crippen LogP contribution in [0.1, 0.15) is 38.9 Å². The molecule has 0 amide bonds. The van der Waals surface area contributed by atoms with Gasteiger partial charge in [-0.05, 0) is 0 Å². The van der Waals surface area contributed by atoms with E-state index in [-0.39, 0.29) is 0 Å². The molecule has 0 radical (unpaired) electrons. The molecule has 46 heavy (non-hydrogen) atoms. The highest BCUT2D eigenvalue weighted by Gasteiger charge is 2.45. The lowest BCUT2D eigenvalue weighted by molar-refractivity contribution is 0.446. The van der Waals surface area contributed by atoms with E-state index < -0.39 is 119 Å². The molecule has 3 aromatic rings. The molecule has 4 rings (SSSR count). The Hall–Kier alpha value is -7.32. The van der Waals surface area contributed by atoms with Crippen molar-refractivity contribution in [3.8, 4) is 42.5 Å². The largest absolute Gasteiger partial charge is 0.262 e. The van der Waals surface area contributed by atoms with E-state index in [0.29, 0.717) is 0 Å². The van der Waals surface area contributed by atoms with Crippen LogP contribution >= 0.6 is 0 Å². The molecule has 1 fully saturated rings. The summed E-state index contributed by atoms with van der Waals surface area (Å²) in [6.45, 7) is 0. The number of benzene rings is 2. The van der Waals surface area contributed by atoms with E-state index in [4.69, 9.17) is 10.5 Å². The molecule has 0 saturated heterocycles. The van der Waals surface area contributed by atoms with Gasteiger partial charge in [0.2, 0.25) is 0 Å². The van der Waals surface area contributed by atoms with Gasteiger partial charge >= 0.3 is 0 Å². The summed E-state index contributed by atoms with van der Waals surface area (Å²) in [5.41, 5.74) is -15.6. The van der Waals surface area contributed by atoms with Gasteiger partial charge in [0.15, 0.2) is 46.5 Å². The maximum absolute atomic E-state index is 15.1. The fourth-order valence-corrected chi connectivity index (χ4v) is 4.45. The van der Waals surface area contributed by atoms with Gasteiger partial charge in [0.25, 0.3) is 0 Å². The number of hydrogen-bond acceptors (Lipinski definition) is 8. The molecule has 1 aromatic heterocycles. The first-order valence-corrected chi connectivity index (χ1v) is 11.7. The minimum absolute atomic E-state index is 0.536. The summed E-state index contributed by atoms with van der Waals surface area (Å²) in [5.74, 6) is -18.5. The number of pyridine rings is 1. The van der Waals surface area contributed by atoms with Crippen LogP contribution in [0.25, 0.3) is 16.7 Å². The molecule has 218 valence electrons. The van der Waals surface area contributed by atoms with Crippen molar-refractivity contribution < 1.29 is 35.1 Å². The van der Waals surface area contributed by atoms with Gasteiger partial charge in [-0.1, -0.05) is 0 Å². The van der Waals surface area contributed by atoms with Gasteiger partial charge in [-0.2, -0.15) is 36.8 Å². The lowest BCUT2D eigenvalue weighted by Gasteiger charge is -2.08. The second kappa shape index (κ2) is 11.8. The first-order chi connectivity index (χ1) is 21.9. The molecule has 0 aliphatic heterocycles. The first kappa shape index (κ1) is 31.6. The molecule has 1 heterocycles. The van der Waals surface area contributed by atoms with Gasteiger partial charge < -0.3 is 0 Å². The van der Waals surface area contributed by atoms with Crippen LogP contribution in [0.5, 0.6) is 0 Å². The third-order valence-electron chi connectivity index (χ3n) is 6.46. The molecule has 0 spiro atoms. The lowest BCUT2D eigenvalue weighted by Crippen LogP contribution is -2.06. The summed E-state index contributed by atoms with van der Waals surface area (Å²) >= 11 is 0. The molecular formula is C30H2F8N8. The molecule has 2 aromatic carbocycles. The van der Waals surface area contributed by atoms with Crippen LogP contribution in [0.15, 0.2) is 29.1 Å². The molecule has 8 nitrogen and oxygen atoms in total. The summed E-state index contributed by atoms with van der Waals surface area (Å²) in [6, 6.07) is 8.75. The van der Waals surface area contributed by atoms with Crippen LogP contribution in [0.2, 0.25) is 0 Å². The highest BCUT2D eigenvalue weighted by atomic mass is 19.2. The van der Waals surface area contributed by atoms with Gasteiger partial charge in [0.05, 0.1) is 39.0 Å². The van der Waals surface area contributed by atoms with Crippen LogP contribution in [-0.2, 0) is 0 Å². The van der Waals surface area contributed by atoms with Crippen LogP contribution in [0, 0.1) is 126 Å². The van der Waals surface area contributed by atoms with Gasteiger partial charge in [0, 0.05) is 34.7 Å². The van der Waals surface area contributed by atoms with Crippen molar-refractivity contribution in [2.24, 2.45) is 0 Å². The molecule has 1 saturated carbocycles. The average Bonchev–Trinajstić information content (AvgIpc) is 3.77. The lowest BCUT2D eigenvalue weighted by atomic mass is 9.96. The number of hydrogen-bond donors (Lipinski definition) is 0. The van der Waals surface area contributed by atoms with Crippen LogP contribution in [-0.4, -0.2) is 4.98 Å². The normalized spacial score (nSPS) is 14.7. The Kier molecular flexibility index (Phi) is 8.08. The van der Waals surface area contributed by atoms with Crippen molar-refractivity contribution in [2.45, 2.75) is 0 Å². The number of aromatic nitrogens is 1. The number of rotatable bonds is 3. The minimum atomic E-state index is -2.34. The van der Waals surface area contributed by atoms with Crippen molar-refractivity contribution in [1.29, 1.82) is 36.8 Å². The van der Waals surface area contributed by atoms with Gasteiger partial charge in [-0.25, -0.2) is 35.1 Å². The standard InChI is InChI=1S/C30H2F8N8/c31-23-15(6-44)24(32)28(36)21(27(23)35)13(4-42)19-18(12(3-41)17-10(1-39)8-46-9-11(17)2-40)20(19)14(5-43)22-29(37)25(33)16(7-45)26(34)30(22)38/h8-9H/b18-12?,19-13-,20-14+. The highest BCUT2D eigenvalue weighted by molar-refractivity contribution is 6.12. The van der Waals surface area contributed by atoms with Crippen molar-refractivity contribution >= 4 is 16.7 Å². The second-order valence-electron chi connectivity index (χ2n) is 8.65. The Bertz CT molecular complexity index is 2170. The number of nitrogens with zero attached hydrogens (tertiary/aromatic N) is 8. The summed E-state index contributed by atoms with van der Waals surface area (Å²) in [7, 11) is 0. The van der Waals surface area contributed by atoms with E-state index in [0.717, 1.165) is 24.5 Å². The molecule has 0 bridgehead atoms. The van der Waals surface area contributed by atoms with E-state index in [1.54, 1.807) is 12.1 Å². The predicted octanol–water partition coefficient (Wildman–Crippen LogP) is 5.93. The van der Waals surface area contributed by atoms with Crippen molar-refractivity contribution in [2.75, 3.05) is 0 Å². The smallest absolute Gasteiger partial charge is 0.180 e. The number of halogens is 8. The van der Waals surface area contributed by atoms with Gasteiger partial charge in [-0.15, -0.1) is 0 Å². The predicted molar refractivity (Wildman–Crippen MR) is 133 cm³/mol. The number of allylic oxidation sites excluding steroid dienone is 6. The Labute approximate surface area is 251 Å². The molecule has 0 unspecified atom stereocenters. The second-order valence-corrected chi connectivity index (χ2v) is 8.65. The molecule has 0 N–H and O–H groups in total. The summed E-state index contributed by atoms with van der Waals surface area (Å²) in [5, 5.41) is 66.9. The van der Waals surface area contributed by atoms with E-state index in [2.05, 4.69) is 4.98 Å². The zero-order chi connectivity index (χ0) is 34.2. The Balaban J connectivity index is 2.36. The number of nitriles is 7. The first-order valence-electron chi connectivity index (χ1n) is 11.7. The van der Waals surface area contributed by atoms with Gasteiger partial charge in [-0.3, -0.25) is 4.98 Å². The fraction of sp³-hybridized carbons (Fsp3) is 0. The van der Waals surface area contributed by atoms with E-state index in [1.165, 1.54) is 18.2 Å². The van der Waals surface area contributed by atoms with Crippen molar-refractivity contribution in [3.05, 3.63) is 115 Å². The topological polar surface area (TPSA) is 179 Å². The SMILES string of the molecule is N#CC(=C1C(=C(/C#N)c2c(F)c(F)c(C#N)c(F)c2F)/C1=C(/C#N)c1c(F)c(F)c(C#N)c(F)c1F)c1c(C#N)cncc1C#N. The van der Waals surface area contributed by atoms with Gasteiger partial charge in [0.1, 0.15) is 53.6 Å². The third-order valence-corrected chi connectivity index (χ3v) is 6.46. The van der Waals surface area contributed by atoms with E-state index in [9.17, 15) is 43.9 Å².